The van der Waals surface area contributed by atoms with Gasteiger partial charge in [-0.1, -0.05) is 5.16 Å². The number of amides is 1. The molecule has 1 amide bonds. The van der Waals surface area contributed by atoms with Gasteiger partial charge in [-0.3, -0.25) is 9.52 Å². The van der Waals surface area contributed by atoms with Crippen LogP contribution in [0.5, 0.6) is 5.75 Å². The molecule has 2 aromatic carbocycles. The lowest BCUT2D eigenvalue weighted by atomic mass is 10.1. The van der Waals surface area contributed by atoms with E-state index in [1.807, 2.05) is 4.72 Å². The maximum absolute atomic E-state index is 13.7. The molecule has 0 bridgehead atoms. The van der Waals surface area contributed by atoms with Gasteiger partial charge in [-0.05, 0) is 55.8 Å². The van der Waals surface area contributed by atoms with Gasteiger partial charge in [0.25, 0.3) is 15.9 Å². The first kappa shape index (κ1) is 23.1. The van der Waals surface area contributed by atoms with Crippen LogP contribution in [0.2, 0.25) is 0 Å². The molecule has 0 aliphatic carbocycles. The van der Waals surface area contributed by atoms with Gasteiger partial charge in [-0.15, -0.1) is 0 Å². The molecule has 0 spiro atoms. The summed E-state index contributed by atoms with van der Waals surface area (Å²) < 4.78 is 78.3. The van der Waals surface area contributed by atoms with E-state index in [4.69, 9.17) is 9.26 Å². The molecule has 0 saturated carbocycles. The summed E-state index contributed by atoms with van der Waals surface area (Å²) in [6.45, 7) is 2.97. The molecule has 0 atom stereocenters. The van der Waals surface area contributed by atoms with E-state index >= 15 is 0 Å². The first-order valence-corrected chi connectivity index (χ1v) is 10.5. The van der Waals surface area contributed by atoms with Crippen molar-refractivity contribution in [3.8, 4) is 5.75 Å². The Balaban J connectivity index is 1.94. The third-order valence-electron chi connectivity index (χ3n) is 4.49. The van der Waals surface area contributed by atoms with Gasteiger partial charge in [0.1, 0.15) is 17.1 Å². The first-order chi connectivity index (χ1) is 14.9. The summed E-state index contributed by atoms with van der Waals surface area (Å²) in [5.41, 5.74) is -1.80. The van der Waals surface area contributed by atoms with E-state index in [-0.39, 0.29) is 21.9 Å². The van der Waals surface area contributed by atoms with E-state index in [0.717, 1.165) is 18.3 Å². The zero-order chi connectivity index (χ0) is 23.7. The fraction of sp³-hybridized carbons (Fsp3) is 0.200. The molecule has 0 unspecified atom stereocenters. The quantitative estimate of drug-likeness (QED) is 0.555. The minimum Gasteiger partial charge on any atom is -0.497 e. The van der Waals surface area contributed by atoms with Crippen molar-refractivity contribution in [2.75, 3.05) is 17.1 Å². The third kappa shape index (κ3) is 4.85. The number of carbonyl (C=O) groups is 1. The summed E-state index contributed by atoms with van der Waals surface area (Å²) in [5.74, 6) is -0.127. The maximum atomic E-state index is 13.7. The van der Waals surface area contributed by atoms with Crippen molar-refractivity contribution < 1.29 is 35.6 Å². The number of nitrogens with zero attached hydrogens (tertiary/aromatic N) is 1. The van der Waals surface area contributed by atoms with E-state index in [9.17, 15) is 26.4 Å². The highest BCUT2D eigenvalue weighted by Crippen LogP contribution is 2.38. The van der Waals surface area contributed by atoms with Crippen molar-refractivity contribution in [2.45, 2.75) is 24.9 Å². The van der Waals surface area contributed by atoms with Crippen molar-refractivity contribution in [3.05, 3.63) is 65.0 Å². The Kier molecular flexibility index (Phi) is 6.17. The van der Waals surface area contributed by atoms with Crippen molar-refractivity contribution in [1.29, 1.82) is 0 Å². The fourth-order valence-electron chi connectivity index (χ4n) is 2.91. The molecule has 0 saturated heterocycles. The van der Waals surface area contributed by atoms with Crippen LogP contribution in [-0.4, -0.2) is 26.6 Å². The molecule has 3 aromatic rings. The molecule has 3 rings (SSSR count). The van der Waals surface area contributed by atoms with E-state index in [1.54, 1.807) is 0 Å². The number of anilines is 2. The van der Waals surface area contributed by atoms with Crippen molar-refractivity contribution in [3.63, 3.8) is 0 Å². The second kappa shape index (κ2) is 8.54. The Hall–Kier alpha value is -3.54. The molecule has 0 aliphatic heterocycles. The number of nitrogens with one attached hydrogen (secondary N) is 2. The van der Waals surface area contributed by atoms with Crippen LogP contribution in [0, 0.1) is 13.8 Å². The van der Waals surface area contributed by atoms with Crippen LogP contribution >= 0.6 is 0 Å². The molecule has 0 fully saturated rings. The maximum Gasteiger partial charge on any atom is 0.418 e. The highest BCUT2D eigenvalue weighted by atomic mass is 32.2. The molecule has 12 heteroatoms. The summed E-state index contributed by atoms with van der Waals surface area (Å²) in [5, 5.41) is 5.75. The van der Waals surface area contributed by atoms with Gasteiger partial charge in [0.2, 0.25) is 0 Å². The molecular formula is C20H18F3N3O5S. The first-order valence-electron chi connectivity index (χ1n) is 9.03. The van der Waals surface area contributed by atoms with Gasteiger partial charge >= 0.3 is 6.18 Å². The summed E-state index contributed by atoms with van der Waals surface area (Å²) in [6.07, 6.45) is -3.77. The number of benzene rings is 2. The monoisotopic (exact) mass is 469 g/mol. The molecule has 1 aromatic heterocycles. The number of sulfonamides is 1. The smallest absolute Gasteiger partial charge is 0.418 e. The van der Waals surface area contributed by atoms with Gasteiger partial charge in [0.05, 0.1) is 29.5 Å². The highest BCUT2D eigenvalue weighted by molar-refractivity contribution is 7.92. The molecule has 1 heterocycles. The second-order valence-corrected chi connectivity index (χ2v) is 8.40. The molecule has 170 valence electrons. The Morgan fingerprint density at radius 1 is 1.12 bits per heavy atom. The zero-order valence-electron chi connectivity index (χ0n) is 17.1. The van der Waals surface area contributed by atoms with E-state index < -0.39 is 33.4 Å². The fourth-order valence-corrected chi connectivity index (χ4v) is 4.22. The lowest BCUT2D eigenvalue weighted by Gasteiger charge is -2.17. The highest BCUT2D eigenvalue weighted by Gasteiger charge is 2.35. The van der Waals surface area contributed by atoms with Crippen LogP contribution in [0.3, 0.4) is 0 Å². The lowest BCUT2D eigenvalue weighted by molar-refractivity contribution is -0.136. The molecule has 0 radical (unpaired) electrons. The van der Waals surface area contributed by atoms with Gasteiger partial charge < -0.3 is 14.6 Å². The average molecular weight is 469 g/mol. The van der Waals surface area contributed by atoms with Gasteiger partial charge in [-0.2, -0.15) is 13.2 Å². The number of carbonyl (C=O) groups excluding carboxylic acids is 1. The molecule has 0 aliphatic rings. The minimum atomic E-state index is -4.90. The normalized spacial score (nSPS) is 11.8. The van der Waals surface area contributed by atoms with Crippen LogP contribution in [-0.2, 0) is 16.2 Å². The number of rotatable bonds is 6. The second-order valence-electron chi connectivity index (χ2n) is 6.74. The van der Waals surface area contributed by atoms with E-state index in [0.29, 0.717) is 17.4 Å². The number of methoxy groups -OCH3 is 1. The Labute approximate surface area is 181 Å². The number of halogens is 3. The van der Waals surface area contributed by atoms with Crippen LogP contribution in [0.25, 0.3) is 0 Å². The minimum absolute atomic E-state index is 0.0540. The van der Waals surface area contributed by atoms with Crippen molar-refractivity contribution in [1.82, 2.24) is 5.16 Å². The summed E-state index contributed by atoms with van der Waals surface area (Å²) in [7, 11) is -2.94. The van der Waals surface area contributed by atoms with Crippen LogP contribution < -0.4 is 14.8 Å². The number of ether oxygens (including phenoxy) is 1. The number of hydrogen-bond acceptors (Lipinski definition) is 6. The average Bonchev–Trinajstić information content (AvgIpc) is 3.13. The molecular weight excluding hydrogens is 451 g/mol. The number of hydrogen-bond donors (Lipinski definition) is 2. The van der Waals surface area contributed by atoms with Crippen molar-refractivity contribution in [2.24, 2.45) is 0 Å². The lowest BCUT2D eigenvalue weighted by Crippen LogP contribution is -2.19. The standard InChI is InChI=1S/C20H18F3N3O5S/c1-11-8-14(30-3)5-7-18(11)32(28,29)26-17-6-4-13(9-16(17)20(21,22)23)25-19(27)15-10-24-31-12(15)2/h4-10,26H,1-3H3,(H,25,27). The van der Waals surface area contributed by atoms with Crippen LogP contribution in [0.4, 0.5) is 24.5 Å². The molecule has 2 N–H and O–H groups in total. The largest absolute Gasteiger partial charge is 0.497 e. The molecule has 8 nitrogen and oxygen atoms in total. The summed E-state index contributed by atoms with van der Waals surface area (Å²) in [6, 6.07) is 6.78. The summed E-state index contributed by atoms with van der Waals surface area (Å²) >= 11 is 0. The van der Waals surface area contributed by atoms with Gasteiger partial charge in [0, 0.05) is 5.69 Å². The third-order valence-corrected chi connectivity index (χ3v) is 6.02. The molecule has 32 heavy (non-hydrogen) atoms. The van der Waals surface area contributed by atoms with E-state index in [2.05, 4.69) is 10.5 Å². The van der Waals surface area contributed by atoms with Gasteiger partial charge in [-0.25, -0.2) is 8.42 Å². The number of alkyl halides is 3. The topological polar surface area (TPSA) is 111 Å². The summed E-state index contributed by atoms with van der Waals surface area (Å²) in [4.78, 5) is 12.0. The van der Waals surface area contributed by atoms with Crippen LogP contribution in [0.1, 0.15) is 27.2 Å². The van der Waals surface area contributed by atoms with E-state index in [1.165, 1.54) is 39.2 Å². The zero-order valence-corrected chi connectivity index (χ0v) is 17.9. The van der Waals surface area contributed by atoms with Gasteiger partial charge in [0.15, 0.2) is 0 Å². The Morgan fingerprint density at radius 2 is 1.84 bits per heavy atom. The Bertz CT molecular complexity index is 1270. The Morgan fingerprint density at radius 3 is 2.41 bits per heavy atom. The SMILES string of the molecule is COc1ccc(S(=O)(=O)Nc2ccc(NC(=O)c3cnoc3C)cc2C(F)(F)F)c(C)c1. The predicted octanol–water partition coefficient (Wildman–Crippen LogP) is 4.37. The number of aryl methyl sites for hydroxylation is 2. The number of aromatic nitrogens is 1. The van der Waals surface area contributed by atoms with Crippen molar-refractivity contribution >= 4 is 27.3 Å². The predicted molar refractivity (Wildman–Crippen MR) is 109 cm³/mol. The van der Waals surface area contributed by atoms with Crippen LogP contribution in [0.15, 0.2) is 52.0 Å².